The fraction of sp³-hybridized carbons (Fsp3) is 0.400. The molecule has 0 saturated heterocycles. The van der Waals surface area contributed by atoms with E-state index in [2.05, 4.69) is 0 Å². The molecule has 0 unspecified atom stereocenters. The molecule has 2 atom stereocenters. The fourth-order valence-corrected chi connectivity index (χ4v) is 1.31. The van der Waals surface area contributed by atoms with Crippen LogP contribution in [-0.2, 0) is 0 Å². The Morgan fingerprint density at radius 2 is 1.78 bits per heavy atom. The summed E-state index contributed by atoms with van der Waals surface area (Å²) in [6.07, 6.45) is -6.91. The van der Waals surface area contributed by atoms with E-state index in [-0.39, 0.29) is 23.7 Å². The molecule has 0 bridgehead atoms. The van der Waals surface area contributed by atoms with Crippen molar-refractivity contribution in [1.82, 2.24) is 0 Å². The number of hydrogen-bond donors (Lipinski definition) is 4. The highest BCUT2D eigenvalue weighted by Gasteiger charge is 2.38. The number of nitrogens with two attached hydrogens (primary N) is 1. The van der Waals surface area contributed by atoms with Gasteiger partial charge in [-0.15, -0.1) is 12.4 Å². The number of alkyl halides is 3. The Morgan fingerprint density at radius 1 is 1.22 bits per heavy atom. The van der Waals surface area contributed by atoms with E-state index in [0.29, 0.717) is 0 Å². The predicted octanol–water partition coefficient (Wildman–Crippen LogP) is 1.83. The molecule has 0 aliphatic rings. The first-order valence-corrected chi connectivity index (χ1v) is 4.74. The van der Waals surface area contributed by atoms with Crippen LogP contribution in [0.3, 0.4) is 0 Å². The van der Waals surface area contributed by atoms with Crippen molar-refractivity contribution in [3.63, 3.8) is 0 Å². The minimum absolute atomic E-state index is 0. The lowest BCUT2D eigenvalue weighted by Gasteiger charge is -2.19. The van der Waals surface area contributed by atoms with Gasteiger partial charge in [0.05, 0.1) is 6.10 Å². The number of aliphatic hydroxyl groups excluding tert-OH is 1. The number of phenols is 2. The largest absolute Gasteiger partial charge is 0.508 e. The van der Waals surface area contributed by atoms with Gasteiger partial charge in [0.1, 0.15) is 17.5 Å². The Morgan fingerprint density at radius 3 is 2.22 bits per heavy atom. The maximum Gasteiger partial charge on any atom is 0.403 e. The molecule has 5 N–H and O–H groups in total. The Labute approximate surface area is 107 Å². The van der Waals surface area contributed by atoms with Gasteiger partial charge in [0.15, 0.2) is 0 Å². The minimum Gasteiger partial charge on any atom is -0.508 e. The summed E-state index contributed by atoms with van der Waals surface area (Å²) in [5, 5.41) is 27.8. The molecule has 1 aromatic rings. The molecule has 0 fully saturated rings. The van der Waals surface area contributed by atoms with Crippen LogP contribution in [0.5, 0.6) is 11.5 Å². The summed E-state index contributed by atoms with van der Waals surface area (Å²) >= 11 is 0. The molecule has 0 saturated carbocycles. The zero-order valence-electron chi connectivity index (χ0n) is 9.05. The Kier molecular flexibility index (Phi) is 5.72. The van der Waals surface area contributed by atoms with Gasteiger partial charge in [-0.2, -0.15) is 13.2 Å². The van der Waals surface area contributed by atoms with Gasteiger partial charge in [-0.05, 0) is 12.1 Å². The van der Waals surface area contributed by atoms with Gasteiger partial charge < -0.3 is 21.1 Å². The number of hydrogen-bond acceptors (Lipinski definition) is 4. The number of phenolic OH excluding ortho intramolecular Hbond substituents is 2. The normalized spacial score (nSPS) is 14.7. The molecule has 0 heterocycles. The van der Waals surface area contributed by atoms with E-state index in [4.69, 9.17) is 10.8 Å². The van der Waals surface area contributed by atoms with Crippen LogP contribution >= 0.6 is 12.4 Å². The van der Waals surface area contributed by atoms with Gasteiger partial charge in [0.2, 0.25) is 0 Å². The molecule has 0 spiro atoms. The Bertz CT molecular complexity index is 400. The number of aliphatic hydroxyl groups is 1. The van der Waals surface area contributed by atoms with Gasteiger partial charge in [0.25, 0.3) is 0 Å². The number of halogens is 4. The minimum atomic E-state index is -4.60. The average molecular weight is 288 g/mol. The van der Waals surface area contributed by atoms with Crippen LogP contribution in [0.15, 0.2) is 18.2 Å². The van der Waals surface area contributed by atoms with Crippen LogP contribution in [-0.4, -0.2) is 27.5 Å². The van der Waals surface area contributed by atoms with Crippen molar-refractivity contribution in [3.8, 4) is 11.5 Å². The molecule has 0 aliphatic carbocycles. The fourth-order valence-electron chi connectivity index (χ4n) is 1.31. The summed E-state index contributed by atoms with van der Waals surface area (Å²) in [6, 6.07) is 1.04. The highest BCUT2D eigenvalue weighted by atomic mass is 35.5. The van der Waals surface area contributed by atoms with Crippen molar-refractivity contribution in [2.45, 2.75) is 24.7 Å². The molecule has 1 rings (SSSR count). The number of benzene rings is 1. The highest BCUT2D eigenvalue weighted by Crippen LogP contribution is 2.32. The van der Waals surface area contributed by atoms with Crippen molar-refractivity contribution in [3.05, 3.63) is 23.8 Å². The van der Waals surface area contributed by atoms with Gasteiger partial charge in [-0.25, -0.2) is 0 Å². The molecule has 4 nitrogen and oxygen atoms in total. The molecule has 0 aliphatic heterocycles. The van der Waals surface area contributed by atoms with E-state index in [1.807, 2.05) is 0 Å². The first kappa shape index (κ1) is 16.8. The lowest BCUT2D eigenvalue weighted by molar-refractivity contribution is -0.153. The molecule has 0 amide bonds. The number of rotatable bonds is 3. The third-order valence-electron chi connectivity index (χ3n) is 2.27. The zero-order chi connectivity index (χ0) is 13.2. The third kappa shape index (κ3) is 4.25. The molecule has 0 radical (unpaired) electrons. The lowest BCUT2D eigenvalue weighted by atomic mass is 10.0. The SMILES string of the molecule is Cl.N[C@@H](C[C@@H](O)c1ccc(O)cc1O)C(F)(F)F. The standard InChI is InChI=1S/C10H12F3NO3.ClH/c11-10(12,13)9(14)4-8(17)6-2-1-5(15)3-7(6)16;/h1-3,8-9,15-17H,4,14H2;1H/t8-,9+;/m1./s1. The molecular weight excluding hydrogens is 275 g/mol. The molecule has 0 aromatic heterocycles. The van der Waals surface area contributed by atoms with Gasteiger partial charge in [0, 0.05) is 18.1 Å². The second kappa shape index (κ2) is 6.12. The maximum atomic E-state index is 12.2. The monoisotopic (exact) mass is 287 g/mol. The summed E-state index contributed by atoms with van der Waals surface area (Å²) in [6.45, 7) is 0. The van der Waals surface area contributed by atoms with Crippen molar-refractivity contribution in [2.75, 3.05) is 0 Å². The summed E-state index contributed by atoms with van der Waals surface area (Å²) in [7, 11) is 0. The van der Waals surface area contributed by atoms with E-state index in [0.717, 1.165) is 18.2 Å². The second-order valence-corrected chi connectivity index (χ2v) is 3.64. The van der Waals surface area contributed by atoms with E-state index >= 15 is 0 Å². The first-order chi connectivity index (χ1) is 7.71. The highest BCUT2D eigenvalue weighted by molar-refractivity contribution is 5.85. The maximum absolute atomic E-state index is 12.2. The average Bonchev–Trinajstić information content (AvgIpc) is 2.15. The Hall–Kier alpha value is -1.18. The molecule has 8 heteroatoms. The lowest BCUT2D eigenvalue weighted by Crippen LogP contribution is -2.38. The van der Waals surface area contributed by atoms with E-state index < -0.39 is 30.5 Å². The van der Waals surface area contributed by atoms with Crippen molar-refractivity contribution >= 4 is 12.4 Å². The van der Waals surface area contributed by atoms with Crippen LogP contribution in [0.25, 0.3) is 0 Å². The first-order valence-electron chi connectivity index (χ1n) is 4.74. The van der Waals surface area contributed by atoms with Crippen LogP contribution < -0.4 is 5.73 Å². The van der Waals surface area contributed by atoms with Crippen molar-refractivity contribution < 1.29 is 28.5 Å². The van der Waals surface area contributed by atoms with Crippen LogP contribution in [0, 0.1) is 0 Å². The summed E-state index contributed by atoms with van der Waals surface area (Å²) in [5.41, 5.74) is 4.74. The predicted molar refractivity (Wildman–Crippen MR) is 60.6 cm³/mol. The van der Waals surface area contributed by atoms with E-state index in [1.54, 1.807) is 0 Å². The second-order valence-electron chi connectivity index (χ2n) is 3.64. The Balaban J connectivity index is 0.00000289. The summed E-state index contributed by atoms with van der Waals surface area (Å²) in [4.78, 5) is 0. The van der Waals surface area contributed by atoms with Gasteiger partial charge in [-0.3, -0.25) is 0 Å². The third-order valence-corrected chi connectivity index (χ3v) is 2.27. The summed E-state index contributed by atoms with van der Waals surface area (Å²) in [5.74, 6) is -0.731. The van der Waals surface area contributed by atoms with Crippen molar-refractivity contribution in [2.24, 2.45) is 5.73 Å². The van der Waals surface area contributed by atoms with Crippen LogP contribution in [0.4, 0.5) is 13.2 Å². The molecule has 18 heavy (non-hydrogen) atoms. The van der Waals surface area contributed by atoms with E-state index in [9.17, 15) is 23.4 Å². The molecule has 104 valence electrons. The van der Waals surface area contributed by atoms with Crippen LogP contribution in [0.2, 0.25) is 0 Å². The summed E-state index contributed by atoms with van der Waals surface area (Å²) < 4.78 is 36.5. The van der Waals surface area contributed by atoms with E-state index in [1.165, 1.54) is 0 Å². The van der Waals surface area contributed by atoms with Crippen molar-refractivity contribution in [1.29, 1.82) is 0 Å². The van der Waals surface area contributed by atoms with Gasteiger partial charge >= 0.3 is 6.18 Å². The topological polar surface area (TPSA) is 86.7 Å². The smallest absolute Gasteiger partial charge is 0.403 e. The zero-order valence-corrected chi connectivity index (χ0v) is 9.87. The van der Waals surface area contributed by atoms with Gasteiger partial charge in [-0.1, -0.05) is 0 Å². The quantitative estimate of drug-likeness (QED) is 0.683. The number of aromatic hydroxyl groups is 2. The molecular formula is C10H13ClF3NO3. The van der Waals surface area contributed by atoms with Crippen LogP contribution in [0.1, 0.15) is 18.1 Å². The molecule has 1 aromatic carbocycles.